The van der Waals surface area contributed by atoms with Gasteiger partial charge in [-0.1, -0.05) is 0 Å². The van der Waals surface area contributed by atoms with Crippen molar-refractivity contribution in [3.05, 3.63) is 56.0 Å². The van der Waals surface area contributed by atoms with E-state index in [-0.39, 0.29) is 12.2 Å². The molecular weight excluding hydrogens is 353 g/mol. The molecule has 2 rings (SSSR count). The number of carbonyl (C=O) groups is 2. The van der Waals surface area contributed by atoms with Crippen molar-refractivity contribution in [2.75, 3.05) is 11.9 Å². The van der Waals surface area contributed by atoms with E-state index in [0.717, 1.165) is 23.8 Å². The summed E-state index contributed by atoms with van der Waals surface area (Å²) in [5, 5.41) is 26.8. The number of nitrogens with zero attached hydrogens (tertiary/aromatic N) is 1. The fourth-order valence-electron chi connectivity index (χ4n) is 2.01. The van der Waals surface area contributed by atoms with E-state index in [4.69, 9.17) is 0 Å². The van der Waals surface area contributed by atoms with Gasteiger partial charge in [-0.2, -0.15) is 4.39 Å². The van der Waals surface area contributed by atoms with E-state index in [0.29, 0.717) is 4.88 Å². The number of thiophene rings is 1. The molecule has 25 heavy (non-hydrogen) atoms. The molecule has 0 saturated heterocycles. The topological polar surface area (TPSA) is 122 Å². The van der Waals surface area contributed by atoms with Crippen molar-refractivity contribution in [1.82, 2.24) is 5.32 Å². The molecule has 0 radical (unpaired) electrons. The Morgan fingerprint density at radius 3 is 2.68 bits per heavy atom. The average Bonchev–Trinajstić information content (AvgIpc) is 2.99. The van der Waals surface area contributed by atoms with Gasteiger partial charge < -0.3 is 15.7 Å². The molecule has 0 aliphatic carbocycles. The summed E-state index contributed by atoms with van der Waals surface area (Å²) < 4.78 is 13.2. The van der Waals surface area contributed by atoms with Gasteiger partial charge in [-0.15, -0.1) is 11.3 Å². The summed E-state index contributed by atoms with van der Waals surface area (Å²) in [6, 6.07) is 4.54. The van der Waals surface area contributed by atoms with Crippen molar-refractivity contribution in [2.45, 2.75) is 13.0 Å². The first kappa shape index (κ1) is 18.5. The van der Waals surface area contributed by atoms with Crippen molar-refractivity contribution in [3.63, 3.8) is 0 Å². The summed E-state index contributed by atoms with van der Waals surface area (Å²) >= 11 is 1.32. The predicted octanol–water partition coefficient (Wildman–Crippen LogP) is 1.89. The van der Waals surface area contributed by atoms with Crippen LogP contribution in [0.5, 0.6) is 0 Å². The van der Waals surface area contributed by atoms with Crippen LogP contribution in [0.15, 0.2) is 29.6 Å². The lowest BCUT2D eigenvalue weighted by Crippen LogP contribution is -2.37. The Balaban J connectivity index is 1.94. The molecular formula is C15H14FN3O5S. The summed E-state index contributed by atoms with van der Waals surface area (Å²) in [6.45, 7) is 1.64. The van der Waals surface area contributed by atoms with Crippen molar-refractivity contribution >= 4 is 34.5 Å². The van der Waals surface area contributed by atoms with Gasteiger partial charge in [0.2, 0.25) is 5.82 Å². The standard InChI is InChI=1S/C15H14FN3O5S/c1-8-4-5-25-13(8)12(20)7-17-14(21)15(22)18-9-2-3-10(16)11(6-9)19(23)24/h2-6,12,20H,7H2,1H3,(H,17,21)(H,18,22). The molecule has 0 aliphatic rings. The molecule has 0 bridgehead atoms. The maximum absolute atomic E-state index is 13.2. The lowest BCUT2D eigenvalue weighted by atomic mass is 10.2. The van der Waals surface area contributed by atoms with Gasteiger partial charge >= 0.3 is 17.5 Å². The highest BCUT2D eigenvalue weighted by Gasteiger charge is 2.20. The molecule has 1 aromatic carbocycles. The fraction of sp³-hybridized carbons (Fsp3) is 0.200. The van der Waals surface area contributed by atoms with Gasteiger partial charge in [-0.05, 0) is 36.1 Å². The van der Waals surface area contributed by atoms with E-state index in [1.54, 1.807) is 5.38 Å². The fourth-order valence-corrected chi connectivity index (χ4v) is 2.92. The molecule has 10 heteroatoms. The van der Waals surface area contributed by atoms with Crippen LogP contribution in [0.3, 0.4) is 0 Å². The molecule has 2 amide bonds. The molecule has 0 aliphatic heterocycles. The number of aryl methyl sites for hydroxylation is 1. The summed E-state index contributed by atoms with van der Waals surface area (Å²) in [5.74, 6) is -3.17. The van der Waals surface area contributed by atoms with Crippen molar-refractivity contribution in [2.24, 2.45) is 0 Å². The van der Waals surface area contributed by atoms with Crippen LogP contribution in [0.1, 0.15) is 16.5 Å². The Hall–Kier alpha value is -2.85. The number of anilines is 1. The number of amides is 2. The number of aliphatic hydroxyl groups excluding tert-OH is 1. The normalized spacial score (nSPS) is 11.6. The molecule has 3 N–H and O–H groups in total. The van der Waals surface area contributed by atoms with E-state index in [1.165, 1.54) is 11.3 Å². The van der Waals surface area contributed by atoms with Gasteiger partial charge in [-0.3, -0.25) is 19.7 Å². The number of nitro benzene ring substituents is 1. The van der Waals surface area contributed by atoms with E-state index in [2.05, 4.69) is 10.6 Å². The van der Waals surface area contributed by atoms with Gasteiger partial charge in [0, 0.05) is 23.2 Å². The highest BCUT2D eigenvalue weighted by atomic mass is 32.1. The summed E-state index contributed by atoms with van der Waals surface area (Å²) in [6.07, 6.45) is -0.955. The second-order valence-electron chi connectivity index (χ2n) is 5.07. The first-order valence-electron chi connectivity index (χ1n) is 7.04. The van der Waals surface area contributed by atoms with Gasteiger partial charge in [0.25, 0.3) is 0 Å². The lowest BCUT2D eigenvalue weighted by Gasteiger charge is -2.11. The van der Waals surface area contributed by atoms with E-state index >= 15 is 0 Å². The van der Waals surface area contributed by atoms with E-state index in [1.807, 2.05) is 13.0 Å². The van der Waals surface area contributed by atoms with Crippen LogP contribution in [0.25, 0.3) is 0 Å². The minimum Gasteiger partial charge on any atom is -0.386 e. The van der Waals surface area contributed by atoms with Crippen molar-refractivity contribution in [1.29, 1.82) is 0 Å². The van der Waals surface area contributed by atoms with Gasteiger partial charge in [0.1, 0.15) is 6.10 Å². The molecule has 0 spiro atoms. The molecule has 0 saturated carbocycles. The minimum atomic E-state index is -1.09. The van der Waals surface area contributed by atoms with Crippen molar-refractivity contribution < 1.29 is 24.0 Å². The predicted molar refractivity (Wildman–Crippen MR) is 88.7 cm³/mol. The number of nitro groups is 1. The number of hydrogen-bond donors (Lipinski definition) is 3. The zero-order chi connectivity index (χ0) is 18.6. The van der Waals surface area contributed by atoms with Crippen LogP contribution in [0, 0.1) is 22.9 Å². The van der Waals surface area contributed by atoms with Gasteiger partial charge in [-0.25, -0.2) is 0 Å². The van der Waals surface area contributed by atoms with Crippen LogP contribution in [0.2, 0.25) is 0 Å². The van der Waals surface area contributed by atoms with E-state index in [9.17, 15) is 29.2 Å². The zero-order valence-electron chi connectivity index (χ0n) is 13.0. The number of halogens is 1. The smallest absolute Gasteiger partial charge is 0.313 e. The number of carbonyl (C=O) groups excluding carboxylic acids is 2. The van der Waals surface area contributed by atoms with Crippen LogP contribution in [-0.2, 0) is 9.59 Å². The molecule has 1 heterocycles. The molecule has 0 fully saturated rings. The molecule has 1 unspecified atom stereocenters. The second-order valence-corrected chi connectivity index (χ2v) is 6.02. The molecule has 1 atom stereocenters. The van der Waals surface area contributed by atoms with Gasteiger partial charge in [0.15, 0.2) is 0 Å². The lowest BCUT2D eigenvalue weighted by molar-refractivity contribution is -0.387. The zero-order valence-corrected chi connectivity index (χ0v) is 13.8. The third kappa shape index (κ3) is 4.58. The van der Waals surface area contributed by atoms with E-state index < -0.39 is 34.3 Å². The number of benzene rings is 1. The second kappa shape index (κ2) is 7.81. The maximum atomic E-state index is 13.2. The Labute approximate surface area is 145 Å². The van der Waals surface area contributed by atoms with Crippen LogP contribution < -0.4 is 10.6 Å². The first-order chi connectivity index (χ1) is 11.8. The summed E-state index contributed by atoms with van der Waals surface area (Å²) in [7, 11) is 0. The Bertz CT molecular complexity index is 823. The van der Waals surface area contributed by atoms with Crippen LogP contribution in [-0.4, -0.2) is 28.4 Å². The monoisotopic (exact) mass is 367 g/mol. The van der Waals surface area contributed by atoms with Crippen LogP contribution >= 0.6 is 11.3 Å². The minimum absolute atomic E-state index is 0.0945. The maximum Gasteiger partial charge on any atom is 0.313 e. The summed E-state index contributed by atoms with van der Waals surface area (Å²) in [5.41, 5.74) is -0.0421. The highest BCUT2D eigenvalue weighted by molar-refractivity contribution is 7.10. The Morgan fingerprint density at radius 2 is 2.08 bits per heavy atom. The summed E-state index contributed by atoms with van der Waals surface area (Å²) in [4.78, 5) is 33.9. The number of aliphatic hydroxyl groups is 1. The molecule has 132 valence electrons. The number of hydrogen-bond acceptors (Lipinski definition) is 6. The SMILES string of the molecule is Cc1ccsc1C(O)CNC(=O)C(=O)Nc1ccc(F)c([N+](=O)[O-])c1. The average molecular weight is 367 g/mol. The molecule has 2 aromatic rings. The molecule has 1 aromatic heterocycles. The number of nitrogens with one attached hydrogen (secondary N) is 2. The first-order valence-corrected chi connectivity index (χ1v) is 7.92. The quantitative estimate of drug-likeness (QED) is 0.423. The third-order valence-electron chi connectivity index (χ3n) is 3.27. The van der Waals surface area contributed by atoms with Crippen LogP contribution in [0.4, 0.5) is 15.8 Å². The molecule has 8 nitrogen and oxygen atoms in total. The number of rotatable bonds is 5. The van der Waals surface area contributed by atoms with Crippen molar-refractivity contribution in [3.8, 4) is 0 Å². The van der Waals surface area contributed by atoms with Gasteiger partial charge in [0.05, 0.1) is 4.92 Å². The Kier molecular flexibility index (Phi) is 5.78. The highest BCUT2D eigenvalue weighted by Crippen LogP contribution is 2.23. The Morgan fingerprint density at radius 1 is 1.36 bits per heavy atom. The largest absolute Gasteiger partial charge is 0.386 e. The third-order valence-corrected chi connectivity index (χ3v) is 4.39.